The fourth-order valence-corrected chi connectivity index (χ4v) is 7.19. The number of hydrogen-bond donors (Lipinski definition) is 2. The van der Waals surface area contributed by atoms with Crippen LogP contribution < -0.4 is 10.1 Å². The molecule has 0 bridgehead atoms. The van der Waals surface area contributed by atoms with Crippen molar-refractivity contribution in [3.63, 3.8) is 0 Å². The van der Waals surface area contributed by atoms with E-state index >= 15 is 0 Å². The number of nitrogens with zero attached hydrogens (tertiary/aromatic N) is 1. The molecule has 0 aromatic heterocycles. The minimum Gasteiger partial charge on any atom is -0.497 e. The molecule has 0 radical (unpaired) electrons. The first-order valence-corrected chi connectivity index (χ1v) is 14.5. The number of benzene rings is 3. The summed E-state index contributed by atoms with van der Waals surface area (Å²) in [6, 6.07) is 18.3. The summed E-state index contributed by atoms with van der Waals surface area (Å²) in [5.41, 5.74) is 2.68. The maximum absolute atomic E-state index is 13.3. The molecule has 206 valence electrons. The Morgan fingerprint density at radius 1 is 1.03 bits per heavy atom. The van der Waals surface area contributed by atoms with E-state index in [1.54, 1.807) is 13.2 Å². The van der Waals surface area contributed by atoms with Crippen LogP contribution in [0.1, 0.15) is 18.4 Å². The lowest BCUT2D eigenvalue weighted by Gasteiger charge is -2.32. The molecule has 0 spiro atoms. The smallest absolute Gasteiger partial charge is 0.326 e. The van der Waals surface area contributed by atoms with Gasteiger partial charge in [0.15, 0.2) is 0 Å². The Labute approximate surface area is 237 Å². The number of carboxylic acids is 1. The van der Waals surface area contributed by atoms with Crippen LogP contribution in [0.5, 0.6) is 5.75 Å². The number of rotatable bonds is 9. The number of carboxylic acid groups (broad SMARTS) is 1. The van der Waals surface area contributed by atoms with E-state index in [1.807, 2.05) is 48.5 Å². The number of nitrogens with one attached hydrogen (secondary N) is 1. The molecule has 1 amide bonds. The monoisotopic (exact) mass is 590 g/mol. The molecule has 2 N–H and O–H groups in total. The SMILES string of the molecule is COc1ccc(-c2ccc(C[C@H](NC(=O)C3CCCN(S(=O)(=O)c4c(Cl)cccc4Cl)C3)C(=O)O)cc2)cc1. The molecule has 3 aromatic carbocycles. The van der Waals surface area contributed by atoms with Crippen LogP contribution in [0.25, 0.3) is 11.1 Å². The summed E-state index contributed by atoms with van der Waals surface area (Å²) in [7, 11) is -2.45. The van der Waals surface area contributed by atoms with E-state index in [9.17, 15) is 23.1 Å². The highest BCUT2D eigenvalue weighted by Crippen LogP contribution is 2.33. The van der Waals surface area contributed by atoms with E-state index in [0.717, 1.165) is 22.4 Å². The topological polar surface area (TPSA) is 113 Å². The first kappa shape index (κ1) is 28.9. The number of carbonyl (C=O) groups excluding carboxylic acids is 1. The van der Waals surface area contributed by atoms with Crippen LogP contribution in [0, 0.1) is 5.92 Å². The first-order chi connectivity index (χ1) is 18.6. The largest absolute Gasteiger partial charge is 0.497 e. The van der Waals surface area contributed by atoms with Gasteiger partial charge in [-0.15, -0.1) is 0 Å². The fraction of sp³-hybridized carbons (Fsp3) is 0.286. The van der Waals surface area contributed by atoms with Gasteiger partial charge in [0.05, 0.1) is 23.1 Å². The molecule has 1 saturated heterocycles. The predicted molar refractivity (Wildman–Crippen MR) is 150 cm³/mol. The molecular weight excluding hydrogens is 563 g/mol. The molecule has 1 fully saturated rings. The third-order valence-electron chi connectivity index (χ3n) is 6.70. The quantitative estimate of drug-likeness (QED) is 0.367. The molecule has 8 nitrogen and oxygen atoms in total. The molecule has 4 rings (SSSR count). The summed E-state index contributed by atoms with van der Waals surface area (Å²) < 4.78 is 32.9. The van der Waals surface area contributed by atoms with Crippen LogP contribution in [-0.2, 0) is 26.0 Å². The van der Waals surface area contributed by atoms with Crippen molar-refractivity contribution in [3.05, 3.63) is 82.3 Å². The molecule has 3 aromatic rings. The lowest BCUT2D eigenvalue weighted by molar-refractivity contribution is -0.142. The molecule has 11 heteroatoms. The molecule has 0 saturated carbocycles. The van der Waals surface area contributed by atoms with Crippen molar-refractivity contribution in [2.75, 3.05) is 20.2 Å². The third-order valence-corrected chi connectivity index (χ3v) is 9.52. The Balaban J connectivity index is 1.42. The van der Waals surface area contributed by atoms with E-state index in [-0.39, 0.29) is 34.5 Å². The van der Waals surface area contributed by atoms with Gasteiger partial charge in [0.25, 0.3) is 0 Å². The molecule has 2 atom stereocenters. The van der Waals surface area contributed by atoms with Crippen LogP contribution in [0.3, 0.4) is 0 Å². The van der Waals surface area contributed by atoms with Gasteiger partial charge in [0.2, 0.25) is 15.9 Å². The summed E-state index contributed by atoms with van der Waals surface area (Å²) in [6.07, 6.45) is 0.939. The van der Waals surface area contributed by atoms with Crippen molar-refractivity contribution in [1.29, 1.82) is 0 Å². The normalized spacial score (nSPS) is 16.8. The number of halogens is 2. The average molecular weight is 592 g/mol. The number of ether oxygens (including phenoxy) is 1. The number of hydrogen-bond acceptors (Lipinski definition) is 5. The Hall–Kier alpha value is -3.11. The number of sulfonamides is 1. The van der Waals surface area contributed by atoms with Gasteiger partial charge in [-0.1, -0.05) is 65.7 Å². The highest BCUT2D eigenvalue weighted by Gasteiger charge is 2.36. The molecule has 1 aliphatic rings. The van der Waals surface area contributed by atoms with E-state index in [2.05, 4.69) is 5.32 Å². The molecule has 1 unspecified atom stereocenters. The maximum Gasteiger partial charge on any atom is 0.326 e. The number of carbonyl (C=O) groups is 2. The molecule has 0 aliphatic carbocycles. The van der Waals surface area contributed by atoms with Crippen LogP contribution >= 0.6 is 23.2 Å². The highest BCUT2D eigenvalue weighted by atomic mass is 35.5. The van der Waals surface area contributed by atoms with E-state index in [4.69, 9.17) is 27.9 Å². The van der Waals surface area contributed by atoms with E-state index in [1.165, 1.54) is 16.4 Å². The van der Waals surface area contributed by atoms with Crippen molar-refractivity contribution in [1.82, 2.24) is 9.62 Å². The van der Waals surface area contributed by atoms with Gasteiger partial charge < -0.3 is 15.2 Å². The van der Waals surface area contributed by atoms with Crippen molar-refractivity contribution in [3.8, 4) is 16.9 Å². The summed E-state index contributed by atoms with van der Waals surface area (Å²) in [5, 5.41) is 12.4. The van der Waals surface area contributed by atoms with Gasteiger partial charge in [0.1, 0.15) is 16.7 Å². The summed E-state index contributed by atoms with van der Waals surface area (Å²) in [4.78, 5) is 24.9. The minimum atomic E-state index is -4.05. The average Bonchev–Trinajstić information content (AvgIpc) is 2.93. The Bertz CT molecular complexity index is 1430. The number of aliphatic carboxylic acids is 1. The third kappa shape index (κ3) is 6.73. The van der Waals surface area contributed by atoms with Gasteiger partial charge in [-0.2, -0.15) is 4.31 Å². The molecule has 1 heterocycles. The lowest BCUT2D eigenvalue weighted by atomic mass is 9.97. The standard InChI is InChI=1S/C28H28Cl2N2O6S/c1-38-22-13-11-20(12-14-22)19-9-7-18(8-10-19)16-25(28(34)35)31-27(33)21-4-3-15-32(17-21)39(36,37)26-23(29)5-2-6-24(26)30/h2,5-14,21,25H,3-4,15-17H2,1H3,(H,31,33)(H,34,35)/t21?,25-/m0/s1. The lowest BCUT2D eigenvalue weighted by Crippen LogP contribution is -2.50. The predicted octanol–water partition coefficient (Wildman–Crippen LogP) is 4.88. The van der Waals surface area contributed by atoms with Gasteiger partial charge in [-0.3, -0.25) is 4.79 Å². The zero-order chi connectivity index (χ0) is 28.2. The van der Waals surface area contributed by atoms with Crippen LogP contribution in [0.15, 0.2) is 71.6 Å². The number of methoxy groups -OCH3 is 1. The zero-order valence-electron chi connectivity index (χ0n) is 21.1. The zero-order valence-corrected chi connectivity index (χ0v) is 23.5. The van der Waals surface area contributed by atoms with Gasteiger partial charge in [0, 0.05) is 19.5 Å². The fourth-order valence-electron chi connectivity index (χ4n) is 4.57. The Kier molecular flexibility index (Phi) is 9.17. The molecule has 39 heavy (non-hydrogen) atoms. The second-order valence-electron chi connectivity index (χ2n) is 9.28. The van der Waals surface area contributed by atoms with Gasteiger partial charge in [-0.25, -0.2) is 13.2 Å². The van der Waals surface area contributed by atoms with Gasteiger partial charge in [-0.05, 0) is 53.8 Å². The van der Waals surface area contributed by atoms with Crippen molar-refractivity contribution < 1.29 is 27.9 Å². The van der Waals surface area contributed by atoms with Gasteiger partial charge >= 0.3 is 5.97 Å². The summed E-state index contributed by atoms with van der Waals surface area (Å²) >= 11 is 12.3. The van der Waals surface area contributed by atoms with Crippen LogP contribution in [0.2, 0.25) is 10.0 Å². The highest BCUT2D eigenvalue weighted by molar-refractivity contribution is 7.89. The van der Waals surface area contributed by atoms with Crippen molar-refractivity contribution in [2.24, 2.45) is 5.92 Å². The van der Waals surface area contributed by atoms with Crippen molar-refractivity contribution >= 4 is 45.1 Å². The molecule has 1 aliphatic heterocycles. The minimum absolute atomic E-state index is 0.00183. The Morgan fingerprint density at radius 3 is 2.18 bits per heavy atom. The molecular formula is C28H28Cl2N2O6S. The maximum atomic E-state index is 13.3. The Morgan fingerprint density at radius 2 is 1.62 bits per heavy atom. The second-order valence-corrected chi connectivity index (χ2v) is 12.0. The van der Waals surface area contributed by atoms with E-state index < -0.39 is 33.9 Å². The summed E-state index contributed by atoms with van der Waals surface area (Å²) in [5.74, 6) is -1.65. The number of amides is 1. The second kappa shape index (κ2) is 12.4. The van der Waals surface area contributed by atoms with Crippen LogP contribution in [0.4, 0.5) is 0 Å². The van der Waals surface area contributed by atoms with Crippen LogP contribution in [-0.4, -0.2) is 55.9 Å². The van der Waals surface area contributed by atoms with E-state index in [0.29, 0.717) is 12.8 Å². The summed E-state index contributed by atoms with van der Waals surface area (Å²) in [6.45, 7) is 0.106. The number of piperidine rings is 1. The first-order valence-electron chi connectivity index (χ1n) is 12.3. The van der Waals surface area contributed by atoms with Crippen molar-refractivity contribution in [2.45, 2.75) is 30.2 Å².